The first kappa shape index (κ1) is 16.4. The van der Waals surface area contributed by atoms with Gasteiger partial charge in [0.15, 0.2) is 11.6 Å². The highest BCUT2D eigenvalue weighted by atomic mass is 32.2. The quantitative estimate of drug-likeness (QED) is 0.918. The molecule has 2 aromatic carbocycles. The van der Waals surface area contributed by atoms with Gasteiger partial charge in [0.2, 0.25) is 10.0 Å². The van der Waals surface area contributed by atoms with E-state index in [0.717, 1.165) is 12.1 Å². The molecule has 0 saturated carbocycles. The summed E-state index contributed by atoms with van der Waals surface area (Å²) in [6.45, 7) is 1.59. The van der Waals surface area contributed by atoms with Gasteiger partial charge in [-0.1, -0.05) is 6.07 Å². The van der Waals surface area contributed by atoms with Crippen molar-refractivity contribution in [1.82, 2.24) is 4.72 Å². The number of rotatable bonds is 5. The molecule has 4 nitrogen and oxygen atoms in total. The number of halogens is 2. The number of sulfonamides is 1. The number of methoxy groups -OCH3 is 1. The predicted octanol–water partition coefficient (Wildman–Crippen LogP) is 3.01. The Hall–Kier alpha value is -1.99. The van der Waals surface area contributed by atoms with E-state index in [9.17, 15) is 17.2 Å². The molecule has 1 N–H and O–H groups in total. The van der Waals surface area contributed by atoms with E-state index in [-0.39, 0.29) is 10.6 Å². The topological polar surface area (TPSA) is 55.4 Å². The van der Waals surface area contributed by atoms with Gasteiger partial charge in [-0.2, -0.15) is 0 Å². The molecule has 0 heterocycles. The Bertz CT molecular complexity index is 761. The van der Waals surface area contributed by atoms with Gasteiger partial charge < -0.3 is 4.74 Å². The van der Waals surface area contributed by atoms with E-state index in [1.807, 2.05) is 0 Å². The normalized spacial score (nSPS) is 12.9. The van der Waals surface area contributed by atoms with Crippen LogP contribution in [-0.4, -0.2) is 15.5 Å². The lowest BCUT2D eigenvalue weighted by Gasteiger charge is -2.15. The van der Waals surface area contributed by atoms with Crippen LogP contribution in [0.15, 0.2) is 47.4 Å². The fourth-order valence-electron chi connectivity index (χ4n) is 1.93. The second-order valence-electron chi connectivity index (χ2n) is 4.69. The average Bonchev–Trinajstić information content (AvgIpc) is 2.47. The van der Waals surface area contributed by atoms with Gasteiger partial charge in [0.1, 0.15) is 5.82 Å². The summed E-state index contributed by atoms with van der Waals surface area (Å²) in [6.07, 6.45) is 0. The Labute approximate surface area is 127 Å². The van der Waals surface area contributed by atoms with E-state index in [0.29, 0.717) is 5.56 Å². The summed E-state index contributed by atoms with van der Waals surface area (Å²) in [5.41, 5.74) is 0.448. The van der Waals surface area contributed by atoms with Gasteiger partial charge in [-0.15, -0.1) is 0 Å². The maximum atomic E-state index is 13.7. The standard InChI is InChI=1S/C15H15F2NO3S/c1-10(11-3-8-15(21-2)14(17)9-11)18-22(19,20)13-6-4-12(16)5-7-13/h3-10,18H,1-2H3. The number of nitrogens with one attached hydrogen (secondary N) is 1. The number of benzene rings is 2. The van der Waals surface area contributed by atoms with Crippen LogP contribution in [0.2, 0.25) is 0 Å². The molecule has 0 saturated heterocycles. The Morgan fingerprint density at radius 3 is 2.27 bits per heavy atom. The molecule has 2 rings (SSSR count). The lowest BCUT2D eigenvalue weighted by Crippen LogP contribution is -2.27. The third kappa shape index (κ3) is 3.61. The van der Waals surface area contributed by atoms with Crippen molar-refractivity contribution in [3.8, 4) is 5.75 Å². The van der Waals surface area contributed by atoms with E-state index in [1.165, 1.54) is 31.4 Å². The van der Waals surface area contributed by atoms with Crippen molar-refractivity contribution in [2.24, 2.45) is 0 Å². The highest BCUT2D eigenvalue weighted by Gasteiger charge is 2.19. The first-order valence-corrected chi connectivity index (χ1v) is 7.93. The van der Waals surface area contributed by atoms with Crippen molar-refractivity contribution >= 4 is 10.0 Å². The molecule has 1 atom stereocenters. The molecular weight excluding hydrogens is 312 g/mol. The molecule has 118 valence electrons. The largest absolute Gasteiger partial charge is 0.494 e. The summed E-state index contributed by atoms with van der Waals surface area (Å²) in [6, 6.07) is 8.00. The minimum atomic E-state index is -3.82. The van der Waals surface area contributed by atoms with E-state index in [2.05, 4.69) is 4.72 Å². The van der Waals surface area contributed by atoms with Gasteiger partial charge in [-0.3, -0.25) is 0 Å². The van der Waals surface area contributed by atoms with Gasteiger partial charge in [0.05, 0.1) is 12.0 Å². The monoisotopic (exact) mass is 327 g/mol. The summed E-state index contributed by atoms with van der Waals surface area (Å²) >= 11 is 0. The van der Waals surface area contributed by atoms with Crippen LogP contribution in [0, 0.1) is 11.6 Å². The van der Waals surface area contributed by atoms with Crippen LogP contribution >= 0.6 is 0 Å². The lowest BCUT2D eigenvalue weighted by molar-refractivity contribution is 0.386. The molecule has 0 amide bonds. The summed E-state index contributed by atoms with van der Waals surface area (Å²) in [5, 5.41) is 0. The predicted molar refractivity (Wildman–Crippen MR) is 78.1 cm³/mol. The second kappa shape index (κ2) is 6.41. The van der Waals surface area contributed by atoms with Gasteiger partial charge in [-0.05, 0) is 48.9 Å². The smallest absolute Gasteiger partial charge is 0.241 e. The summed E-state index contributed by atoms with van der Waals surface area (Å²) in [7, 11) is -2.48. The first-order valence-electron chi connectivity index (χ1n) is 6.45. The third-order valence-corrected chi connectivity index (χ3v) is 4.69. The number of hydrogen-bond acceptors (Lipinski definition) is 3. The van der Waals surface area contributed by atoms with Crippen LogP contribution in [0.25, 0.3) is 0 Å². The number of hydrogen-bond donors (Lipinski definition) is 1. The zero-order valence-electron chi connectivity index (χ0n) is 12.0. The maximum absolute atomic E-state index is 13.7. The van der Waals surface area contributed by atoms with Crippen molar-refractivity contribution < 1.29 is 21.9 Å². The fourth-order valence-corrected chi connectivity index (χ4v) is 3.17. The molecule has 22 heavy (non-hydrogen) atoms. The maximum Gasteiger partial charge on any atom is 0.241 e. The van der Waals surface area contributed by atoms with Crippen LogP contribution in [0.1, 0.15) is 18.5 Å². The molecule has 0 spiro atoms. The highest BCUT2D eigenvalue weighted by molar-refractivity contribution is 7.89. The van der Waals surface area contributed by atoms with E-state index >= 15 is 0 Å². The van der Waals surface area contributed by atoms with E-state index < -0.39 is 27.7 Å². The molecule has 7 heteroatoms. The molecule has 0 aliphatic rings. The van der Waals surface area contributed by atoms with Crippen molar-refractivity contribution in [3.63, 3.8) is 0 Å². The lowest BCUT2D eigenvalue weighted by atomic mass is 10.1. The van der Waals surface area contributed by atoms with Crippen molar-refractivity contribution in [2.75, 3.05) is 7.11 Å². The minimum Gasteiger partial charge on any atom is -0.494 e. The van der Waals surface area contributed by atoms with Crippen LogP contribution in [-0.2, 0) is 10.0 Å². The Morgan fingerprint density at radius 2 is 1.73 bits per heavy atom. The molecule has 0 aliphatic carbocycles. The fraction of sp³-hybridized carbons (Fsp3) is 0.200. The summed E-state index contributed by atoms with van der Waals surface area (Å²) in [5.74, 6) is -1.02. The van der Waals surface area contributed by atoms with E-state index in [4.69, 9.17) is 4.74 Å². The molecule has 0 bridgehead atoms. The Kier molecular flexibility index (Phi) is 4.77. The van der Waals surface area contributed by atoms with Crippen LogP contribution in [0.4, 0.5) is 8.78 Å². The highest BCUT2D eigenvalue weighted by Crippen LogP contribution is 2.23. The second-order valence-corrected chi connectivity index (χ2v) is 6.40. The van der Waals surface area contributed by atoms with Gasteiger partial charge in [0, 0.05) is 6.04 Å². The molecule has 0 aliphatic heterocycles. The first-order chi connectivity index (χ1) is 10.3. The zero-order valence-corrected chi connectivity index (χ0v) is 12.8. The molecule has 0 radical (unpaired) electrons. The third-order valence-electron chi connectivity index (χ3n) is 3.13. The zero-order chi connectivity index (χ0) is 16.3. The average molecular weight is 327 g/mol. The molecule has 1 unspecified atom stereocenters. The van der Waals surface area contributed by atoms with Gasteiger partial charge >= 0.3 is 0 Å². The Balaban J connectivity index is 2.22. The SMILES string of the molecule is COc1ccc(C(C)NS(=O)(=O)c2ccc(F)cc2)cc1F. The molecule has 0 fully saturated rings. The number of ether oxygens (including phenoxy) is 1. The van der Waals surface area contributed by atoms with Crippen LogP contribution in [0.3, 0.4) is 0 Å². The van der Waals surface area contributed by atoms with Gasteiger partial charge in [-0.25, -0.2) is 21.9 Å². The van der Waals surface area contributed by atoms with Crippen molar-refractivity contribution in [1.29, 1.82) is 0 Å². The van der Waals surface area contributed by atoms with Crippen LogP contribution < -0.4 is 9.46 Å². The Morgan fingerprint density at radius 1 is 1.09 bits per heavy atom. The van der Waals surface area contributed by atoms with Gasteiger partial charge in [0.25, 0.3) is 0 Å². The minimum absolute atomic E-state index is 0.0604. The molecule has 0 aromatic heterocycles. The molecule has 2 aromatic rings. The van der Waals surface area contributed by atoms with E-state index in [1.54, 1.807) is 13.0 Å². The summed E-state index contributed by atoms with van der Waals surface area (Å²) < 4.78 is 58.1. The summed E-state index contributed by atoms with van der Waals surface area (Å²) in [4.78, 5) is -0.0604. The molecular formula is C15H15F2NO3S. The van der Waals surface area contributed by atoms with Crippen LogP contribution in [0.5, 0.6) is 5.75 Å². The van der Waals surface area contributed by atoms with Crippen molar-refractivity contribution in [3.05, 3.63) is 59.7 Å². The van der Waals surface area contributed by atoms with Crippen molar-refractivity contribution in [2.45, 2.75) is 17.9 Å².